The van der Waals surface area contributed by atoms with Crippen molar-refractivity contribution in [3.8, 4) is 43.8 Å². The second kappa shape index (κ2) is 12.0. The zero-order valence-electron chi connectivity index (χ0n) is 28.8. The van der Waals surface area contributed by atoms with Crippen molar-refractivity contribution in [2.75, 3.05) is 0 Å². The van der Waals surface area contributed by atoms with Crippen molar-refractivity contribution in [3.63, 3.8) is 0 Å². The Morgan fingerprint density at radius 1 is 0.444 bits per heavy atom. The van der Waals surface area contributed by atoms with Gasteiger partial charge in [-0.15, -0.1) is 22.7 Å². The van der Waals surface area contributed by atoms with Crippen LogP contribution in [0.1, 0.15) is 11.1 Å². The van der Waals surface area contributed by atoms with Crippen molar-refractivity contribution < 1.29 is 8.83 Å². The van der Waals surface area contributed by atoms with Gasteiger partial charge in [0, 0.05) is 41.1 Å². The summed E-state index contributed by atoms with van der Waals surface area (Å²) in [5.74, 6) is 1.19. The average molecular weight is 729 g/mol. The van der Waals surface area contributed by atoms with E-state index >= 15 is 0 Å². The molecule has 0 spiro atoms. The van der Waals surface area contributed by atoms with Crippen LogP contribution in [0.5, 0.6) is 0 Å². The fourth-order valence-corrected chi connectivity index (χ4v) is 10.5. The summed E-state index contributed by atoms with van der Waals surface area (Å²) >= 11 is 3.51. The fraction of sp³-hybridized carbons (Fsp3) is 0. The summed E-state index contributed by atoms with van der Waals surface area (Å²) in [6.45, 7) is 8.93. The Morgan fingerprint density at radius 3 is 1.30 bits per heavy atom. The van der Waals surface area contributed by atoms with Gasteiger partial charge in [-0.1, -0.05) is 110 Å². The molecular weight excluding hydrogens is 701 g/mol. The monoisotopic (exact) mass is 728 g/mol. The number of thiophene rings is 2. The second-order valence-corrected chi connectivity index (χ2v) is 15.4. The maximum absolute atomic E-state index is 6.55. The third kappa shape index (κ3) is 4.54. The standard InChI is InChI=1S/C48H28N2O2S2/c1-3-29-30(4-2)42(46-44(32-18-8-14-24-40(32)54-46)48-50-36-20-10-12-22-38(36)52-48)34-26-28-16-6-5-15-27(28)25-33(34)41(29)45-43(31-17-7-13-23-39(31)53-45)47-49-35-19-9-11-21-37(35)51-47/h3-26H,1-2H2. The minimum absolute atomic E-state index is 0.597. The van der Waals surface area contributed by atoms with Crippen molar-refractivity contribution in [1.82, 2.24) is 9.97 Å². The molecule has 0 amide bonds. The molecule has 0 N–H and O–H groups in total. The van der Waals surface area contributed by atoms with Gasteiger partial charge in [-0.3, -0.25) is 0 Å². The molecule has 4 heterocycles. The first-order chi connectivity index (χ1) is 26.7. The van der Waals surface area contributed by atoms with E-state index in [0.717, 1.165) is 107 Å². The average Bonchev–Trinajstić information content (AvgIpc) is 4.00. The van der Waals surface area contributed by atoms with E-state index in [4.69, 9.17) is 18.8 Å². The summed E-state index contributed by atoms with van der Waals surface area (Å²) in [6, 6.07) is 46.1. The first-order valence-electron chi connectivity index (χ1n) is 17.7. The zero-order chi connectivity index (χ0) is 35.9. The van der Waals surface area contributed by atoms with Gasteiger partial charge >= 0.3 is 0 Å². The van der Waals surface area contributed by atoms with Crippen molar-refractivity contribution >= 4 is 98.7 Å². The summed E-state index contributed by atoms with van der Waals surface area (Å²) in [5.41, 5.74) is 9.25. The van der Waals surface area contributed by atoms with Crippen molar-refractivity contribution in [2.45, 2.75) is 0 Å². The molecule has 254 valence electrons. The van der Waals surface area contributed by atoms with E-state index in [9.17, 15) is 0 Å². The minimum Gasteiger partial charge on any atom is -0.436 e. The Hall–Kier alpha value is -6.60. The SMILES string of the molecule is C=Cc1c(C=C)c(-c2sc3ccccc3c2-c2nc3ccccc3o2)c2cc3ccccc3cc2c1-c1sc2ccccc2c1-c1nc2ccccc2o1. The number of fused-ring (bicyclic) bond motifs is 6. The lowest BCUT2D eigenvalue weighted by atomic mass is 9.84. The van der Waals surface area contributed by atoms with Gasteiger partial charge in [0.2, 0.25) is 11.8 Å². The van der Waals surface area contributed by atoms with Gasteiger partial charge in [0.25, 0.3) is 0 Å². The predicted molar refractivity (Wildman–Crippen MR) is 229 cm³/mol. The third-order valence-corrected chi connectivity index (χ3v) is 12.7. The topological polar surface area (TPSA) is 52.1 Å². The van der Waals surface area contributed by atoms with Crippen LogP contribution in [0.4, 0.5) is 0 Å². The number of nitrogens with zero attached hydrogens (tertiary/aromatic N) is 2. The van der Waals surface area contributed by atoms with Crippen LogP contribution in [0, 0.1) is 0 Å². The van der Waals surface area contributed by atoms with Crippen LogP contribution in [-0.2, 0) is 0 Å². The van der Waals surface area contributed by atoms with Crippen molar-refractivity contribution in [1.29, 1.82) is 0 Å². The zero-order valence-corrected chi connectivity index (χ0v) is 30.4. The van der Waals surface area contributed by atoms with Gasteiger partial charge in [-0.05, 0) is 81.2 Å². The van der Waals surface area contributed by atoms with E-state index in [-0.39, 0.29) is 0 Å². The molecule has 6 heteroatoms. The molecule has 0 aliphatic heterocycles. The maximum atomic E-state index is 6.55. The van der Waals surface area contributed by atoms with E-state index in [0.29, 0.717) is 11.8 Å². The number of hydrogen-bond acceptors (Lipinski definition) is 6. The van der Waals surface area contributed by atoms with E-state index in [1.807, 2.05) is 60.7 Å². The lowest BCUT2D eigenvalue weighted by molar-refractivity contribution is 0.620. The Kier molecular flexibility index (Phi) is 6.86. The number of rotatable bonds is 6. The van der Waals surface area contributed by atoms with E-state index in [1.165, 1.54) is 0 Å². The highest BCUT2D eigenvalue weighted by Crippen LogP contribution is 2.54. The number of benzene rings is 7. The van der Waals surface area contributed by atoms with Crippen LogP contribution in [0.2, 0.25) is 0 Å². The lowest BCUT2D eigenvalue weighted by Crippen LogP contribution is -1.96. The normalized spacial score (nSPS) is 11.9. The number of oxazole rings is 2. The highest BCUT2D eigenvalue weighted by molar-refractivity contribution is 7.23. The molecule has 0 fully saturated rings. The molecule has 0 atom stereocenters. The minimum atomic E-state index is 0.597. The predicted octanol–water partition coefficient (Wildman–Crippen LogP) is 14.7. The Labute approximate surface area is 317 Å². The van der Waals surface area contributed by atoms with Gasteiger partial charge < -0.3 is 8.83 Å². The summed E-state index contributed by atoms with van der Waals surface area (Å²) in [7, 11) is 0. The van der Waals surface area contributed by atoms with Crippen LogP contribution >= 0.6 is 22.7 Å². The van der Waals surface area contributed by atoms with Gasteiger partial charge in [0.05, 0.1) is 11.1 Å². The summed E-state index contributed by atoms with van der Waals surface area (Å²) in [4.78, 5) is 12.2. The highest BCUT2D eigenvalue weighted by Gasteiger charge is 2.29. The quantitative estimate of drug-likeness (QED) is 0.160. The number of hydrogen-bond donors (Lipinski definition) is 0. The van der Waals surface area contributed by atoms with E-state index in [2.05, 4.69) is 98.1 Å². The van der Waals surface area contributed by atoms with Gasteiger partial charge in [0.1, 0.15) is 11.0 Å². The first-order valence-corrected chi connectivity index (χ1v) is 19.3. The fourth-order valence-electron chi connectivity index (χ4n) is 7.95. The van der Waals surface area contributed by atoms with E-state index < -0.39 is 0 Å². The van der Waals surface area contributed by atoms with E-state index in [1.54, 1.807) is 22.7 Å². The molecule has 11 rings (SSSR count). The molecule has 4 nitrogen and oxygen atoms in total. The second-order valence-electron chi connectivity index (χ2n) is 13.3. The molecule has 0 radical (unpaired) electrons. The van der Waals surface area contributed by atoms with Crippen LogP contribution in [0.3, 0.4) is 0 Å². The highest BCUT2D eigenvalue weighted by atomic mass is 32.1. The largest absolute Gasteiger partial charge is 0.436 e. The smallest absolute Gasteiger partial charge is 0.229 e. The molecule has 0 bridgehead atoms. The number of aromatic nitrogens is 2. The molecule has 0 aliphatic carbocycles. The van der Waals surface area contributed by atoms with Gasteiger partial charge in [0.15, 0.2) is 11.2 Å². The van der Waals surface area contributed by atoms with Crippen LogP contribution < -0.4 is 0 Å². The van der Waals surface area contributed by atoms with Gasteiger partial charge in [-0.2, -0.15) is 0 Å². The molecule has 0 saturated carbocycles. The van der Waals surface area contributed by atoms with Gasteiger partial charge in [-0.25, -0.2) is 9.97 Å². The molecule has 4 aromatic heterocycles. The summed E-state index contributed by atoms with van der Waals surface area (Å²) in [5, 5.41) is 6.71. The summed E-state index contributed by atoms with van der Waals surface area (Å²) < 4.78 is 15.4. The Morgan fingerprint density at radius 2 is 0.852 bits per heavy atom. The first kappa shape index (κ1) is 31.0. The molecule has 11 aromatic rings. The molecular formula is C48H28N2O2S2. The number of para-hydroxylation sites is 4. The Balaban J connectivity index is 1.31. The van der Waals surface area contributed by atoms with Crippen LogP contribution in [0.15, 0.2) is 155 Å². The molecule has 54 heavy (non-hydrogen) atoms. The van der Waals surface area contributed by atoms with Crippen LogP contribution in [0.25, 0.3) is 120 Å². The maximum Gasteiger partial charge on any atom is 0.229 e. The molecule has 7 aromatic carbocycles. The lowest BCUT2D eigenvalue weighted by Gasteiger charge is -2.20. The third-order valence-electron chi connectivity index (χ3n) is 10.3. The van der Waals surface area contributed by atoms with Crippen molar-refractivity contribution in [3.05, 3.63) is 158 Å². The molecule has 0 aliphatic rings. The van der Waals surface area contributed by atoms with Crippen LogP contribution in [-0.4, -0.2) is 9.97 Å². The summed E-state index contributed by atoms with van der Waals surface area (Å²) in [6.07, 6.45) is 3.97. The Bertz CT molecular complexity index is 3050. The van der Waals surface area contributed by atoms with Crippen molar-refractivity contribution in [2.24, 2.45) is 0 Å². The molecule has 0 saturated heterocycles. The molecule has 0 unspecified atom stereocenters.